The van der Waals surface area contributed by atoms with Crippen LogP contribution < -0.4 is 0 Å². The van der Waals surface area contributed by atoms with Crippen LogP contribution in [-0.2, 0) is 10.8 Å². The monoisotopic (exact) mass is 329 g/mol. The van der Waals surface area contributed by atoms with E-state index in [1.54, 1.807) is 0 Å². The molecule has 0 unspecified atom stereocenters. The zero-order chi connectivity index (χ0) is 18.1. The highest BCUT2D eigenvalue weighted by molar-refractivity contribution is 5.49. The van der Waals surface area contributed by atoms with Crippen LogP contribution in [0.15, 0.2) is 72.8 Å². The standard InChI is InChI=1S/C24H25O/c1-23(2,18-11-7-5-8-12-18)20-15-16-22(25)21(17-20)24(3,4)19-13-9-6-10-14-19/h5-15,17,25H,1-4H3. The molecule has 3 aromatic rings. The number of benzene rings is 3. The van der Waals surface area contributed by atoms with Gasteiger partial charge in [-0.3, -0.25) is 0 Å². The molecule has 0 saturated carbocycles. The fourth-order valence-corrected chi connectivity index (χ4v) is 3.36. The lowest BCUT2D eigenvalue weighted by Gasteiger charge is -2.31. The maximum atomic E-state index is 10.5. The fourth-order valence-electron chi connectivity index (χ4n) is 3.36. The first-order chi connectivity index (χ1) is 11.8. The number of hydrogen-bond donors (Lipinski definition) is 1. The largest absolute Gasteiger partial charge is 0.507 e. The van der Waals surface area contributed by atoms with Gasteiger partial charge in [-0.1, -0.05) is 94.4 Å². The summed E-state index contributed by atoms with van der Waals surface area (Å²) < 4.78 is 0. The zero-order valence-electron chi connectivity index (χ0n) is 15.4. The zero-order valence-corrected chi connectivity index (χ0v) is 15.4. The molecule has 1 radical (unpaired) electrons. The minimum atomic E-state index is -0.301. The summed E-state index contributed by atoms with van der Waals surface area (Å²) in [5.41, 5.74) is 4.01. The summed E-state index contributed by atoms with van der Waals surface area (Å²) in [5, 5.41) is 10.5. The lowest BCUT2D eigenvalue weighted by atomic mass is 9.73. The van der Waals surface area contributed by atoms with Crippen molar-refractivity contribution in [3.63, 3.8) is 0 Å². The first-order valence-electron chi connectivity index (χ1n) is 8.70. The lowest BCUT2D eigenvalue weighted by Crippen LogP contribution is -2.23. The van der Waals surface area contributed by atoms with E-state index < -0.39 is 0 Å². The van der Waals surface area contributed by atoms with E-state index in [0.29, 0.717) is 0 Å². The molecule has 1 nitrogen and oxygen atoms in total. The van der Waals surface area contributed by atoms with Crippen LogP contribution in [0.2, 0.25) is 0 Å². The van der Waals surface area contributed by atoms with Crippen LogP contribution in [-0.4, -0.2) is 5.11 Å². The van der Waals surface area contributed by atoms with Crippen molar-refractivity contribution < 1.29 is 5.11 Å². The molecule has 0 heterocycles. The molecule has 0 fully saturated rings. The first kappa shape index (κ1) is 17.3. The van der Waals surface area contributed by atoms with Gasteiger partial charge in [0, 0.05) is 22.5 Å². The van der Waals surface area contributed by atoms with Gasteiger partial charge in [0.15, 0.2) is 0 Å². The van der Waals surface area contributed by atoms with Crippen molar-refractivity contribution in [3.05, 3.63) is 101 Å². The van der Waals surface area contributed by atoms with Crippen molar-refractivity contribution in [1.29, 1.82) is 0 Å². The minimum Gasteiger partial charge on any atom is -0.507 e. The quantitative estimate of drug-likeness (QED) is 0.637. The van der Waals surface area contributed by atoms with Gasteiger partial charge in [0.2, 0.25) is 0 Å². The van der Waals surface area contributed by atoms with Gasteiger partial charge < -0.3 is 5.11 Å². The second-order valence-corrected chi connectivity index (χ2v) is 7.63. The second kappa shape index (κ2) is 6.40. The van der Waals surface area contributed by atoms with Crippen molar-refractivity contribution >= 4 is 0 Å². The van der Waals surface area contributed by atoms with Crippen LogP contribution in [0.25, 0.3) is 0 Å². The molecule has 0 aliphatic heterocycles. The third-order valence-corrected chi connectivity index (χ3v) is 5.31. The van der Waals surface area contributed by atoms with E-state index in [1.165, 1.54) is 11.1 Å². The molecule has 0 atom stereocenters. The SMILES string of the molecule is CC(C)(c1ccccc1)c1c[c]c(O)c(C(C)(C)c2ccccc2)c1. The van der Waals surface area contributed by atoms with E-state index >= 15 is 0 Å². The van der Waals surface area contributed by atoms with Gasteiger partial charge in [0.05, 0.1) is 0 Å². The van der Waals surface area contributed by atoms with Gasteiger partial charge >= 0.3 is 0 Å². The highest BCUT2D eigenvalue weighted by atomic mass is 16.3. The van der Waals surface area contributed by atoms with Gasteiger partial charge in [0.25, 0.3) is 0 Å². The van der Waals surface area contributed by atoms with Crippen molar-refractivity contribution in [2.75, 3.05) is 0 Å². The average Bonchev–Trinajstić information content (AvgIpc) is 2.63. The van der Waals surface area contributed by atoms with Crippen molar-refractivity contribution in [2.24, 2.45) is 0 Å². The van der Waals surface area contributed by atoms with Crippen LogP contribution in [0, 0.1) is 6.07 Å². The Bertz CT molecular complexity index is 846. The number of phenols is 1. The normalized spacial score (nSPS) is 12.2. The first-order valence-corrected chi connectivity index (χ1v) is 8.70. The van der Waals surface area contributed by atoms with Crippen LogP contribution in [0.1, 0.15) is 49.9 Å². The summed E-state index contributed by atoms with van der Waals surface area (Å²) in [6, 6.07) is 27.9. The topological polar surface area (TPSA) is 20.2 Å². The highest BCUT2D eigenvalue weighted by Gasteiger charge is 2.30. The molecule has 3 aromatic carbocycles. The number of hydrogen-bond acceptors (Lipinski definition) is 1. The molecule has 1 heteroatoms. The molecule has 25 heavy (non-hydrogen) atoms. The molecule has 127 valence electrons. The summed E-state index contributed by atoms with van der Waals surface area (Å²) in [7, 11) is 0. The maximum absolute atomic E-state index is 10.5. The summed E-state index contributed by atoms with van der Waals surface area (Å²) in [6.45, 7) is 8.71. The molecular formula is C24H25O. The van der Waals surface area contributed by atoms with Crippen molar-refractivity contribution in [2.45, 2.75) is 38.5 Å². The van der Waals surface area contributed by atoms with Crippen LogP contribution >= 0.6 is 0 Å². The molecule has 0 aromatic heterocycles. The van der Waals surface area contributed by atoms with E-state index in [4.69, 9.17) is 0 Å². The molecule has 0 amide bonds. The third-order valence-electron chi connectivity index (χ3n) is 5.31. The number of phenolic OH excluding ortho intramolecular Hbond substituents is 1. The van der Waals surface area contributed by atoms with Gasteiger partial charge in [0.1, 0.15) is 5.75 Å². The Hall–Kier alpha value is -2.54. The summed E-state index contributed by atoms with van der Waals surface area (Å²) in [4.78, 5) is 0. The van der Waals surface area contributed by atoms with E-state index in [2.05, 4.69) is 76.2 Å². The Morgan fingerprint density at radius 3 is 1.68 bits per heavy atom. The smallest absolute Gasteiger partial charge is 0.127 e. The van der Waals surface area contributed by atoms with Gasteiger partial charge in [-0.25, -0.2) is 0 Å². The number of aromatic hydroxyl groups is 1. The predicted octanol–water partition coefficient (Wildman–Crippen LogP) is 5.84. The van der Waals surface area contributed by atoms with E-state index in [9.17, 15) is 5.11 Å². The molecule has 0 aliphatic carbocycles. The Morgan fingerprint density at radius 2 is 1.16 bits per heavy atom. The van der Waals surface area contributed by atoms with Gasteiger partial charge in [-0.05, 0) is 22.8 Å². The Morgan fingerprint density at radius 1 is 0.680 bits per heavy atom. The fraction of sp³-hybridized carbons (Fsp3) is 0.250. The molecule has 0 bridgehead atoms. The molecule has 0 spiro atoms. The molecule has 0 aliphatic rings. The molecule has 0 saturated heterocycles. The number of rotatable bonds is 4. The van der Waals surface area contributed by atoms with Crippen LogP contribution in [0.3, 0.4) is 0 Å². The Labute approximate surface area is 151 Å². The Balaban J connectivity index is 2.10. The molecule has 3 rings (SSSR count). The summed E-state index contributed by atoms with van der Waals surface area (Å²) in [6.07, 6.45) is 0. The van der Waals surface area contributed by atoms with Gasteiger partial charge in [-0.2, -0.15) is 0 Å². The summed E-state index contributed by atoms with van der Waals surface area (Å²) >= 11 is 0. The van der Waals surface area contributed by atoms with E-state index in [1.807, 2.05) is 30.3 Å². The second-order valence-electron chi connectivity index (χ2n) is 7.63. The lowest BCUT2D eigenvalue weighted by molar-refractivity contribution is 0.450. The van der Waals surface area contributed by atoms with E-state index in [-0.39, 0.29) is 16.6 Å². The summed E-state index contributed by atoms with van der Waals surface area (Å²) in [5.74, 6) is 0.224. The minimum absolute atomic E-state index is 0.160. The van der Waals surface area contributed by atoms with Gasteiger partial charge in [-0.15, -0.1) is 0 Å². The molecule has 1 N–H and O–H groups in total. The van der Waals surface area contributed by atoms with E-state index in [0.717, 1.165) is 11.1 Å². The third kappa shape index (κ3) is 3.19. The predicted molar refractivity (Wildman–Crippen MR) is 104 cm³/mol. The van der Waals surface area contributed by atoms with Crippen LogP contribution in [0.5, 0.6) is 5.75 Å². The average molecular weight is 329 g/mol. The van der Waals surface area contributed by atoms with Crippen LogP contribution in [0.4, 0.5) is 0 Å². The maximum Gasteiger partial charge on any atom is 0.127 e. The Kier molecular flexibility index (Phi) is 4.43. The van der Waals surface area contributed by atoms with Crippen molar-refractivity contribution in [1.82, 2.24) is 0 Å². The van der Waals surface area contributed by atoms with Crippen molar-refractivity contribution in [3.8, 4) is 5.75 Å². The highest BCUT2D eigenvalue weighted by Crippen LogP contribution is 2.40. The molecular weight excluding hydrogens is 304 g/mol.